The van der Waals surface area contributed by atoms with Crippen LogP contribution in [0.2, 0.25) is 0 Å². The number of rotatable bonds is 5. The maximum absolute atomic E-state index is 11.8. The van der Waals surface area contributed by atoms with Gasteiger partial charge in [0.15, 0.2) is 9.84 Å². The summed E-state index contributed by atoms with van der Waals surface area (Å²) < 4.78 is 23.7. The summed E-state index contributed by atoms with van der Waals surface area (Å²) in [6.07, 6.45) is 1.79. The van der Waals surface area contributed by atoms with Crippen molar-refractivity contribution in [3.8, 4) is 0 Å². The highest BCUT2D eigenvalue weighted by Crippen LogP contribution is 2.23. The minimum Gasteiger partial charge on any atom is -0.271 e. The first-order valence-electron chi connectivity index (χ1n) is 5.58. The van der Waals surface area contributed by atoms with Crippen molar-refractivity contribution in [2.45, 2.75) is 31.1 Å². The molecule has 1 rings (SSSR count). The predicted octanol–water partition coefficient (Wildman–Crippen LogP) is 1.65. The molecule has 3 N–H and O–H groups in total. The first-order chi connectivity index (χ1) is 8.18. The molecule has 4 nitrogen and oxygen atoms in total. The van der Waals surface area contributed by atoms with Crippen LogP contribution in [0.1, 0.15) is 19.4 Å². The zero-order valence-electron chi connectivity index (χ0n) is 10.8. The molecule has 0 fully saturated rings. The summed E-state index contributed by atoms with van der Waals surface area (Å²) in [5.41, 5.74) is 3.66. The minimum absolute atomic E-state index is 0.339. The normalized spacial score (nSPS) is 14.5. The molecule has 0 aliphatic carbocycles. The van der Waals surface area contributed by atoms with Gasteiger partial charge in [-0.1, -0.05) is 28.1 Å². The molecule has 6 heteroatoms. The largest absolute Gasteiger partial charge is 0.271 e. The van der Waals surface area contributed by atoms with E-state index in [1.165, 1.54) is 6.26 Å². The highest BCUT2D eigenvalue weighted by molar-refractivity contribution is 9.10. The van der Waals surface area contributed by atoms with E-state index in [0.717, 1.165) is 10.0 Å². The fraction of sp³-hybridized carbons (Fsp3) is 0.500. The third-order valence-electron chi connectivity index (χ3n) is 3.35. The van der Waals surface area contributed by atoms with Gasteiger partial charge in [-0.05, 0) is 38.0 Å². The van der Waals surface area contributed by atoms with Gasteiger partial charge in [0.05, 0.1) is 4.75 Å². The molecular formula is C12H19BrN2O2S. The highest BCUT2D eigenvalue weighted by atomic mass is 79.9. The van der Waals surface area contributed by atoms with E-state index in [0.29, 0.717) is 6.42 Å². The van der Waals surface area contributed by atoms with Gasteiger partial charge in [0, 0.05) is 16.8 Å². The summed E-state index contributed by atoms with van der Waals surface area (Å²) in [6, 6.07) is 7.42. The van der Waals surface area contributed by atoms with Gasteiger partial charge in [-0.3, -0.25) is 11.3 Å². The van der Waals surface area contributed by atoms with Crippen LogP contribution in [0.3, 0.4) is 0 Å². The second kappa shape index (κ2) is 5.69. The lowest BCUT2D eigenvalue weighted by Crippen LogP contribution is -2.55. The molecule has 0 aliphatic rings. The Morgan fingerprint density at radius 3 is 2.22 bits per heavy atom. The van der Waals surface area contributed by atoms with Crippen LogP contribution in [-0.4, -0.2) is 25.5 Å². The molecule has 1 atom stereocenters. The van der Waals surface area contributed by atoms with Crippen LogP contribution in [0.25, 0.3) is 0 Å². The summed E-state index contributed by atoms with van der Waals surface area (Å²) in [5.74, 6) is 5.51. The third-order valence-corrected chi connectivity index (χ3v) is 6.07. The van der Waals surface area contributed by atoms with Gasteiger partial charge in [-0.15, -0.1) is 0 Å². The van der Waals surface area contributed by atoms with Crippen LogP contribution in [-0.2, 0) is 16.3 Å². The number of benzene rings is 1. The van der Waals surface area contributed by atoms with Gasteiger partial charge in [-0.2, -0.15) is 0 Å². The van der Waals surface area contributed by atoms with Gasteiger partial charge in [0.25, 0.3) is 0 Å². The zero-order chi connectivity index (χ0) is 14.0. The van der Waals surface area contributed by atoms with Crippen molar-refractivity contribution in [1.82, 2.24) is 5.43 Å². The lowest BCUT2D eigenvalue weighted by atomic mass is 9.96. The number of sulfone groups is 1. The zero-order valence-corrected chi connectivity index (χ0v) is 13.2. The number of hydrogen-bond acceptors (Lipinski definition) is 4. The molecule has 18 heavy (non-hydrogen) atoms. The second-order valence-corrected chi connectivity index (χ2v) is 8.44. The summed E-state index contributed by atoms with van der Waals surface area (Å²) >= 11 is 3.36. The molecule has 0 amide bonds. The van der Waals surface area contributed by atoms with Gasteiger partial charge >= 0.3 is 0 Å². The predicted molar refractivity (Wildman–Crippen MR) is 77.9 cm³/mol. The Balaban J connectivity index is 2.95. The smallest absolute Gasteiger partial charge is 0.154 e. The van der Waals surface area contributed by atoms with Crippen molar-refractivity contribution in [3.63, 3.8) is 0 Å². The first kappa shape index (κ1) is 15.6. The Morgan fingerprint density at radius 2 is 1.83 bits per heavy atom. The second-order valence-electron chi connectivity index (χ2n) is 4.93. The fourth-order valence-electron chi connectivity index (χ4n) is 1.62. The molecule has 0 radical (unpaired) electrons. The van der Waals surface area contributed by atoms with Gasteiger partial charge in [0.2, 0.25) is 0 Å². The standard InChI is InChI=1S/C12H19BrN2O2S/c1-12(2,18(3,16)17)11(15-14)8-9-4-6-10(13)7-5-9/h4-7,11,15H,8,14H2,1-3H3. The number of nitrogens with one attached hydrogen (secondary N) is 1. The Hall–Kier alpha value is -0.430. The fourth-order valence-corrected chi connectivity index (χ4v) is 2.55. The van der Waals surface area contributed by atoms with E-state index in [1.807, 2.05) is 24.3 Å². The van der Waals surface area contributed by atoms with Crippen LogP contribution < -0.4 is 11.3 Å². The average molecular weight is 335 g/mol. The minimum atomic E-state index is -3.19. The van der Waals surface area contributed by atoms with E-state index >= 15 is 0 Å². The molecule has 0 spiro atoms. The van der Waals surface area contributed by atoms with Gasteiger partial charge < -0.3 is 0 Å². The molecule has 0 heterocycles. The number of nitrogens with two attached hydrogens (primary N) is 1. The van der Waals surface area contributed by atoms with Crippen LogP contribution in [0, 0.1) is 0 Å². The summed E-state index contributed by atoms with van der Waals surface area (Å²) in [4.78, 5) is 0. The summed E-state index contributed by atoms with van der Waals surface area (Å²) in [5, 5.41) is 0. The average Bonchev–Trinajstić information content (AvgIpc) is 2.26. The highest BCUT2D eigenvalue weighted by Gasteiger charge is 2.38. The molecule has 0 saturated carbocycles. The molecule has 1 aromatic rings. The quantitative estimate of drug-likeness (QED) is 0.634. The molecule has 0 aliphatic heterocycles. The SMILES string of the molecule is CC(C)(C(Cc1ccc(Br)cc1)NN)S(C)(=O)=O. The maximum Gasteiger partial charge on any atom is 0.154 e. The number of halogens is 1. The van der Waals surface area contributed by atoms with E-state index in [2.05, 4.69) is 21.4 Å². The van der Waals surface area contributed by atoms with E-state index in [9.17, 15) is 8.42 Å². The molecule has 0 bridgehead atoms. The van der Waals surface area contributed by atoms with Crippen molar-refractivity contribution in [2.24, 2.45) is 5.84 Å². The van der Waals surface area contributed by atoms with Crippen molar-refractivity contribution in [1.29, 1.82) is 0 Å². The Morgan fingerprint density at radius 1 is 1.33 bits per heavy atom. The third kappa shape index (κ3) is 3.54. The van der Waals surface area contributed by atoms with Crippen molar-refractivity contribution in [2.75, 3.05) is 6.26 Å². The van der Waals surface area contributed by atoms with Crippen LogP contribution >= 0.6 is 15.9 Å². The van der Waals surface area contributed by atoms with Crippen LogP contribution in [0.15, 0.2) is 28.7 Å². The molecule has 1 aromatic carbocycles. The lowest BCUT2D eigenvalue weighted by molar-refractivity contribution is 0.413. The molecule has 0 saturated heterocycles. The van der Waals surface area contributed by atoms with Crippen molar-refractivity contribution in [3.05, 3.63) is 34.3 Å². The van der Waals surface area contributed by atoms with E-state index in [4.69, 9.17) is 5.84 Å². The van der Waals surface area contributed by atoms with Crippen molar-refractivity contribution < 1.29 is 8.42 Å². The Labute approximate surface area is 117 Å². The maximum atomic E-state index is 11.8. The Bertz CT molecular complexity index is 497. The number of hydrogen-bond donors (Lipinski definition) is 2. The summed E-state index contributed by atoms with van der Waals surface area (Å²) in [6.45, 7) is 3.37. The molecular weight excluding hydrogens is 316 g/mol. The molecule has 1 unspecified atom stereocenters. The number of hydrazine groups is 1. The molecule has 0 aromatic heterocycles. The Kier molecular flexibility index (Phi) is 4.94. The molecule has 102 valence electrons. The van der Waals surface area contributed by atoms with Gasteiger partial charge in [0.1, 0.15) is 0 Å². The monoisotopic (exact) mass is 334 g/mol. The first-order valence-corrected chi connectivity index (χ1v) is 8.27. The van der Waals surface area contributed by atoms with Crippen molar-refractivity contribution >= 4 is 25.8 Å². The van der Waals surface area contributed by atoms with E-state index < -0.39 is 14.6 Å². The van der Waals surface area contributed by atoms with E-state index in [1.54, 1.807) is 13.8 Å². The van der Waals surface area contributed by atoms with Crippen LogP contribution in [0.5, 0.6) is 0 Å². The topological polar surface area (TPSA) is 72.2 Å². The van der Waals surface area contributed by atoms with Gasteiger partial charge in [-0.25, -0.2) is 8.42 Å². The summed E-state index contributed by atoms with van der Waals surface area (Å²) in [7, 11) is -3.19. The van der Waals surface area contributed by atoms with Crippen LogP contribution in [0.4, 0.5) is 0 Å². The van der Waals surface area contributed by atoms with E-state index in [-0.39, 0.29) is 6.04 Å². The lowest BCUT2D eigenvalue weighted by Gasteiger charge is -2.32.